The lowest BCUT2D eigenvalue weighted by molar-refractivity contribution is 0.0724. The number of hydrogen-bond donors (Lipinski definition) is 0. The molecule has 2 aromatic heterocycles. The molecular weight excluding hydrogens is 390 g/mol. The molecule has 2 saturated heterocycles. The second-order valence-electron chi connectivity index (χ2n) is 8.36. The summed E-state index contributed by atoms with van der Waals surface area (Å²) in [5, 5.41) is 4.18. The minimum absolute atomic E-state index is 0.112. The Labute approximate surface area is 182 Å². The maximum atomic E-state index is 12.9. The molecule has 0 aliphatic carbocycles. The molecule has 0 spiro atoms. The van der Waals surface area contributed by atoms with Gasteiger partial charge in [0, 0.05) is 43.5 Å². The molecule has 3 aromatic rings. The number of piperidine rings is 2. The van der Waals surface area contributed by atoms with Crippen molar-refractivity contribution in [3.8, 4) is 11.4 Å². The lowest BCUT2D eigenvalue weighted by Gasteiger charge is -2.32. The highest BCUT2D eigenvalue weighted by Crippen LogP contribution is 2.30. The molecule has 1 amide bonds. The van der Waals surface area contributed by atoms with Crippen LogP contribution in [0.1, 0.15) is 54.3 Å². The quantitative estimate of drug-likeness (QED) is 0.635. The number of carbonyl (C=O) groups excluding carboxylic acids is 1. The largest absolute Gasteiger partial charge is 0.356 e. The minimum Gasteiger partial charge on any atom is -0.356 e. The van der Waals surface area contributed by atoms with E-state index in [-0.39, 0.29) is 11.8 Å². The van der Waals surface area contributed by atoms with Crippen LogP contribution in [-0.4, -0.2) is 52.1 Å². The van der Waals surface area contributed by atoms with Gasteiger partial charge in [0.2, 0.25) is 11.7 Å². The molecule has 2 aliphatic heterocycles. The van der Waals surface area contributed by atoms with Crippen LogP contribution in [0.3, 0.4) is 0 Å². The monoisotopic (exact) mass is 417 g/mol. The number of likely N-dealkylation sites (tertiary alicyclic amines) is 1. The van der Waals surface area contributed by atoms with Gasteiger partial charge in [-0.2, -0.15) is 4.98 Å². The van der Waals surface area contributed by atoms with E-state index in [2.05, 4.69) is 20.0 Å². The standard InChI is InChI=1S/C24H27N5O2/c30-24(28-13-5-2-6-14-28)19-11-12-25-21(16-19)29-15-7-10-20(17-29)23-26-22(27-31-23)18-8-3-1-4-9-18/h1,3-4,8-9,11-12,16,20H,2,5-7,10,13-15,17H2. The molecule has 0 bridgehead atoms. The number of anilines is 1. The molecule has 7 nitrogen and oxygen atoms in total. The van der Waals surface area contributed by atoms with Crippen LogP contribution >= 0.6 is 0 Å². The van der Waals surface area contributed by atoms with Crippen molar-refractivity contribution < 1.29 is 9.32 Å². The summed E-state index contributed by atoms with van der Waals surface area (Å²) >= 11 is 0. The van der Waals surface area contributed by atoms with Gasteiger partial charge in [0.1, 0.15) is 5.82 Å². The summed E-state index contributed by atoms with van der Waals surface area (Å²) in [6.45, 7) is 3.36. The first-order valence-electron chi connectivity index (χ1n) is 11.2. The average molecular weight is 418 g/mol. The molecule has 0 N–H and O–H groups in total. The Morgan fingerprint density at radius 2 is 1.84 bits per heavy atom. The Hall–Kier alpha value is -3.22. The van der Waals surface area contributed by atoms with Crippen LogP contribution in [-0.2, 0) is 0 Å². The molecule has 1 aromatic carbocycles. The maximum absolute atomic E-state index is 12.9. The van der Waals surface area contributed by atoms with E-state index < -0.39 is 0 Å². The van der Waals surface area contributed by atoms with Gasteiger partial charge in [0.05, 0.1) is 5.92 Å². The van der Waals surface area contributed by atoms with Crippen molar-refractivity contribution >= 4 is 11.7 Å². The summed E-state index contributed by atoms with van der Waals surface area (Å²) < 4.78 is 5.62. The van der Waals surface area contributed by atoms with Crippen LogP contribution in [0.5, 0.6) is 0 Å². The fourth-order valence-electron chi connectivity index (χ4n) is 4.50. The number of aromatic nitrogens is 3. The highest BCUT2D eigenvalue weighted by molar-refractivity contribution is 5.94. The zero-order chi connectivity index (χ0) is 21.0. The second-order valence-corrected chi connectivity index (χ2v) is 8.36. The number of pyridine rings is 1. The minimum atomic E-state index is 0.112. The van der Waals surface area contributed by atoms with Crippen molar-refractivity contribution in [3.63, 3.8) is 0 Å². The van der Waals surface area contributed by atoms with Crippen LogP contribution in [0.25, 0.3) is 11.4 Å². The van der Waals surface area contributed by atoms with Crippen LogP contribution in [0, 0.1) is 0 Å². The fraction of sp³-hybridized carbons (Fsp3) is 0.417. The molecule has 160 valence electrons. The van der Waals surface area contributed by atoms with Crippen molar-refractivity contribution in [2.75, 3.05) is 31.1 Å². The topological polar surface area (TPSA) is 75.4 Å². The summed E-state index contributed by atoms with van der Waals surface area (Å²) in [4.78, 5) is 26.3. The van der Waals surface area contributed by atoms with Crippen LogP contribution in [0.4, 0.5) is 5.82 Å². The van der Waals surface area contributed by atoms with Crippen molar-refractivity contribution in [1.29, 1.82) is 0 Å². The number of rotatable bonds is 4. The summed E-state index contributed by atoms with van der Waals surface area (Å²) in [5.41, 5.74) is 1.67. The maximum Gasteiger partial charge on any atom is 0.254 e. The number of amides is 1. The van der Waals surface area contributed by atoms with E-state index in [9.17, 15) is 4.79 Å². The van der Waals surface area contributed by atoms with Gasteiger partial charge in [-0.05, 0) is 44.2 Å². The van der Waals surface area contributed by atoms with Crippen LogP contribution in [0.2, 0.25) is 0 Å². The number of benzene rings is 1. The second kappa shape index (κ2) is 8.88. The average Bonchev–Trinajstić information content (AvgIpc) is 3.35. The first-order valence-corrected chi connectivity index (χ1v) is 11.2. The van der Waals surface area contributed by atoms with E-state index in [1.807, 2.05) is 47.4 Å². The number of carbonyl (C=O) groups is 1. The highest BCUT2D eigenvalue weighted by Gasteiger charge is 2.28. The predicted octanol–water partition coefficient (Wildman–Crippen LogP) is 4.14. The zero-order valence-corrected chi connectivity index (χ0v) is 17.6. The molecule has 31 heavy (non-hydrogen) atoms. The molecule has 2 fully saturated rings. The smallest absolute Gasteiger partial charge is 0.254 e. The Kier molecular flexibility index (Phi) is 5.65. The number of nitrogens with zero attached hydrogens (tertiary/aromatic N) is 5. The highest BCUT2D eigenvalue weighted by atomic mass is 16.5. The van der Waals surface area contributed by atoms with Gasteiger partial charge in [-0.15, -0.1) is 0 Å². The summed E-state index contributed by atoms with van der Waals surface area (Å²) in [6, 6.07) is 13.6. The van der Waals surface area contributed by atoms with E-state index >= 15 is 0 Å². The van der Waals surface area contributed by atoms with Crippen molar-refractivity contribution in [2.24, 2.45) is 0 Å². The first kappa shape index (κ1) is 19.7. The third kappa shape index (κ3) is 4.31. The van der Waals surface area contributed by atoms with Crippen molar-refractivity contribution in [1.82, 2.24) is 20.0 Å². The number of hydrogen-bond acceptors (Lipinski definition) is 6. The van der Waals surface area contributed by atoms with Gasteiger partial charge in [-0.25, -0.2) is 4.98 Å². The molecule has 7 heteroatoms. The molecule has 0 radical (unpaired) electrons. The van der Waals surface area contributed by atoms with Crippen molar-refractivity contribution in [3.05, 3.63) is 60.1 Å². The lowest BCUT2D eigenvalue weighted by atomic mass is 9.98. The first-order chi connectivity index (χ1) is 15.3. The van der Waals surface area contributed by atoms with E-state index in [1.165, 1.54) is 6.42 Å². The molecule has 4 heterocycles. The summed E-state index contributed by atoms with van der Waals surface area (Å²) in [7, 11) is 0. The predicted molar refractivity (Wildman–Crippen MR) is 118 cm³/mol. The Balaban J connectivity index is 1.31. The Morgan fingerprint density at radius 1 is 1.00 bits per heavy atom. The van der Waals surface area contributed by atoms with Gasteiger partial charge >= 0.3 is 0 Å². The third-order valence-electron chi connectivity index (χ3n) is 6.20. The van der Waals surface area contributed by atoms with E-state index in [0.29, 0.717) is 11.7 Å². The molecule has 5 rings (SSSR count). The van der Waals surface area contributed by atoms with Gasteiger partial charge in [-0.3, -0.25) is 4.79 Å². The molecule has 1 atom stereocenters. The van der Waals surface area contributed by atoms with E-state index in [0.717, 1.165) is 68.8 Å². The van der Waals surface area contributed by atoms with Gasteiger partial charge in [0.15, 0.2) is 0 Å². The summed E-state index contributed by atoms with van der Waals surface area (Å²) in [6.07, 6.45) is 7.15. The normalized spacial score (nSPS) is 19.4. The fourth-order valence-corrected chi connectivity index (χ4v) is 4.50. The van der Waals surface area contributed by atoms with Gasteiger partial charge in [-0.1, -0.05) is 35.5 Å². The Morgan fingerprint density at radius 3 is 2.68 bits per heavy atom. The zero-order valence-electron chi connectivity index (χ0n) is 17.6. The molecule has 2 aliphatic rings. The van der Waals surface area contributed by atoms with Gasteiger partial charge < -0.3 is 14.3 Å². The van der Waals surface area contributed by atoms with E-state index in [4.69, 9.17) is 4.52 Å². The summed E-state index contributed by atoms with van der Waals surface area (Å²) in [5.74, 6) is 2.41. The van der Waals surface area contributed by atoms with Crippen LogP contribution < -0.4 is 4.90 Å². The third-order valence-corrected chi connectivity index (χ3v) is 6.20. The molecular formula is C24H27N5O2. The van der Waals surface area contributed by atoms with Crippen molar-refractivity contribution in [2.45, 2.75) is 38.0 Å². The van der Waals surface area contributed by atoms with Gasteiger partial charge in [0.25, 0.3) is 5.91 Å². The molecule has 0 saturated carbocycles. The Bertz CT molecular complexity index is 1030. The van der Waals surface area contributed by atoms with Crippen LogP contribution in [0.15, 0.2) is 53.2 Å². The molecule has 1 unspecified atom stereocenters. The SMILES string of the molecule is O=C(c1ccnc(N2CCCC(c3nc(-c4ccccc4)no3)C2)c1)N1CCCCC1. The van der Waals surface area contributed by atoms with E-state index in [1.54, 1.807) is 6.20 Å². The lowest BCUT2D eigenvalue weighted by Crippen LogP contribution is -2.37.